The summed E-state index contributed by atoms with van der Waals surface area (Å²) in [5, 5.41) is 20.0. The summed E-state index contributed by atoms with van der Waals surface area (Å²) < 4.78 is 6.21. The van der Waals surface area contributed by atoms with Crippen molar-refractivity contribution in [2.45, 2.75) is 0 Å². The van der Waals surface area contributed by atoms with Crippen molar-refractivity contribution in [3.8, 4) is 11.5 Å². The van der Waals surface area contributed by atoms with Gasteiger partial charge >= 0.3 is 5.89 Å². The average molecular weight is 308 g/mol. The van der Waals surface area contributed by atoms with Gasteiger partial charge in [0, 0.05) is 37.5 Å². The van der Waals surface area contributed by atoms with E-state index >= 15 is 0 Å². The molecule has 0 amide bonds. The number of nitrogens with zero attached hydrogens (tertiary/aromatic N) is 4. The Morgan fingerprint density at radius 3 is 2.35 bits per heavy atom. The van der Waals surface area contributed by atoms with E-state index in [9.17, 15) is 5.21 Å². The van der Waals surface area contributed by atoms with Gasteiger partial charge in [-0.3, -0.25) is 0 Å². The molecule has 1 aromatic heterocycles. The van der Waals surface area contributed by atoms with Crippen LogP contribution in [0.4, 0.5) is 11.4 Å². The summed E-state index contributed by atoms with van der Waals surface area (Å²) in [6, 6.07) is 16.6. The van der Waals surface area contributed by atoms with Crippen LogP contribution >= 0.6 is 0 Å². The molecule has 0 fully saturated rings. The molecule has 2 aromatic carbocycles. The van der Waals surface area contributed by atoms with Gasteiger partial charge < -0.3 is 14.5 Å². The van der Waals surface area contributed by atoms with Crippen molar-refractivity contribution < 1.29 is 9.16 Å². The first-order chi connectivity index (χ1) is 11.1. The molecule has 0 radical (unpaired) electrons. The molecular weight excluding hydrogens is 292 g/mol. The van der Waals surface area contributed by atoms with Crippen LogP contribution in [0.15, 0.2) is 59.0 Å². The molecule has 0 aliphatic carbocycles. The third kappa shape index (κ3) is 3.37. The lowest BCUT2D eigenvalue weighted by Crippen LogP contribution is -2.08. The smallest absolute Gasteiger partial charge is 0.307 e. The van der Waals surface area contributed by atoms with E-state index < -0.39 is 0 Å². The Bertz CT molecular complexity index is 808. The van der Waals surface area contributed by atoms with Gasteiger partial charge in [0.1, 0.15) is 0 Å². The third-order valence-electron chi connectivity index (χ3n) is 3.31. The van der Waals surface area contributed by atoms with Crippen molar-refractivity contribution in [2.24, 2.45) is 0 Å². The van der Waals surface area contributed by atoms with Crippen molar-refractivity contribution in [3.05, 3.63) is 65.7 Å². The summed E-state index contributed by atoms with van der Waals surface area (Å²) in [6.45, 7) is 0. The van der Waals surface area contributed by atoms with Gasteiger partial charge in [0.25, 0.3) is 0 Å². The van der Waals surface area contributed by atoms with Crippen molar-refractivity contribution in [3.63, 3.8) is 0 Å². The number of anilines is 1. The fourth-order valence-electron chi connectivity index (χ4n) is 2.06. The minimum Gasteiger partial charge on any atom is -0.618 e. The number of benzene rings is 2. The van der Waals surface area contributed by atoms with E-state index in [0.29, 0.717) is 16.3 Å². The molecule has 0 aliphatic heterocycles. The van der Waals surface area contributed by atoms with Gasteiger partial charge in [-0.25, -0.2) is 0 Å². The monoisotopic (exact) mass is 308 g/mol. The highest BCUT2D eigenvalue weighted by Gasteiger charge is 2.10. The second-order valence-electron chi connectivity index (χ2n) is 5.18. The molecule has 0 spiro atoms. The second-order valence-corrected chi connectivity index (χ2v) is 5.18. The minimum atomic E-state index is 0.163. The van der Waals surface area contributed by atoms with E-state index in [1.54, 1.807) is 12.1 Å². The average Bonchev–Trinajstić information content (AvgIpc) is 3.04. The maximum absolute atomic E-state index is 12.2. The fraction of sp³-hybridized carbons (Fsp3) is 0.118. The minimum absolute atomic E-state index is 0.163. The highest BCUT2D eigenvalue weighted by molar-refractivity contribution is 5.70. The fourth-order valence-corrected chi connectivity index (χ4v) is 2.06. The van der Waals surface area contributed by atoms with Crippen LogP contribution in [0.1, 0.15) is 5.89 Å². The van der Waals surface area contributed by atoms with Gasteiger partial charge in [0.15, 0.2) is 0 Å². The number of rotatable bonds is 4. The molecule has 6 nitrogen and oxygen atoms in total. The van der Waals surface area contributed by atoms with Crippen LogP contribution in [0.3, 0.4) is 0 Å². The summed E-state index contributed by atoms with van der Waals surface area (Å²) in [5.74, 6) is 0.545. The molecule has 3 aromatic rings. The molecule has 0 bridgehead atoms. The Morgan fingerprint density at radius 2 is 1.70 bits per heavy atom. The maximum atomic E-state index is 12.2. The van der Waals surface area contributed by atoms with Crippen molar-refractivity contribution in [1.82, 2.24) is 10.2 Å². The zero-order valence-corrected chi connectivity index (χ0v) is 12.9. The van der Waals surface area contributed by atoms with E-state index in [4.69, 9.17) is 4.42 Å². The summed E-state index contributed by atoms with van der Waals surface area (Å²) >= 11 is 0. The van der Waals surface area contributed by atoms with Crippen LogP contribution in [-0.4, -0.2) is 35.2 Å². The number of hydrogen-bond donors (Lipinski definition) is 0. The highest BCUT2D eigenvalue weighted by Crippen LogP contribution is 2.19. The molecule has 0 saturated carbocycles. The first kappa shape index (κ1) is 14.8. The third-order valence-corrected chi connectivity index (χ3v) is 3.31. The number of aromatic nitrogens is 2. The standard InChI is InChI=1S/C17H16N4O2/c1-20(2)14-8-10-15(11-9-14)21(22)12-16-18-19-17(23-16)13-6-4-3-5-7-13/h3-12H,1-2H3/b21-12-. The summed E-state index contributed by atoms with van der Waals surface area (Å²) in [7, 11) is 3.89. The molecular formula is C17H16N4O2. The van der Waals surface area contributed by atoms with Crippen molar-refractivity contribution in [1.29, 1.82) is 0 Å². The molecule has 3 rings (SSSR count). The molecule has 116 valence electrons. The van der Waals surface area contributed by atoms with Crippen LogP contribution < -0.4 is 4.90 Å². The van der Waals surface area contributed by atoms with Gasteiger partial charge in [-0.05, 0) is 24.3 Å². The molecule has 0 unspecified atom stereocenters. The molecule has 0 atom stereocenters. The first-order valence-corrected chi connectivity index (χ1v) is 7.11. The Labute approximate surface area is 133 Å². The predicted octanol–water partition coefficient (Wildman–Crippen LogP) is 3.06. The van der Waals surface area contributed by atoms with Crippen molar-refractivity contribution >= 4 is 17.6 Å². The molecule has 6 heteroatoms. The maximum Gasteiger partial charge on any atom is 0.307 e. The van der Waals surface area contributed by atoms with Crippen LogP contribution in [0.2, 0.25) is 0 Å². The summed E-state index contributed by atoms with van der Waals surface area (Å²) in [6.07, 6.45) is 1.27. The normalized spacial score (nSPS) is 11.5. The molecule has 1 heterocycles. The van der Waals surface area contributed by atoms with E-state index in [1.807, 2.05) is 61.5 Å². The van der Waals surface area contributed by atoms with Gasteiger partial charge in [0.05, 0.1) is 0 Å². The van der Waals surface area contributed by atoms with Crippen LogP contribution in [0.5, 0.6) is 0 Å². The van der Waals surface area contributed by atoms with Gasteiger partial charge in [-0.1, -0.05) is 18.2 Å². The SMILES string of the molecule is CN(C)c1ccc(/[N+]([O-])=C/c2nnc(-c3ccccc3)o2)cc1. The van der Waals surface area contributed by atoms with Crippen LogP contribution in [-0.2, 0) is 0 Å². The zero-order chi connectivity index (χ0) is 16.2. The largest absolute Gasteiger partial charge is 0.618 e. The molecule has 0 saturated heterocycles. The van der Waals surface area contributed by atoms with Crippen LogP contribution in [0.25, 0.3) is 11.5 Å². The summed E-state index contributed by atoms with van der Waals surface area (Å²) in [4.78, 5) is 1.97. The van der Waals surface area contributed by atoms with E-state index in [2.05, 4.69) is 10.2 Å². The first-order valence-electron chi connectivity index (χ1n) is 7.11. The van der Waals surface area contributed by atoms with E-state index in [-0.39, 0.29) is 5.89 Å². The Balaban J connectivity index is 1.82. The molecule has 0 N–H and O–H groups in total. The van der Waals surface area contributed by atoms with E-state index in [0.717, 1.165) is 11.3 Å². The Hall–Kier alpha value is -3.15. The predicted molar refractivity (Wildman–Crippen MR) is 89.0 cm³/mol. The van der Waals surface area contributed by atoms with Crippen molar-refractivity contribution in [2.75, 3.05) is 19.0 Å². The van der Waals surface area contributed by atoms with Gasteiger partial charge in [-0.15, -0.1) is 10.2 Å². The topological polar surface area (TPSA) is 68.2 Å². The lowest BCUT2D eigenvalue weighted by molar-refractivity contribution is -0.355. The molecule has 0 aliphatic rings. The van der Waals surface area contributed by atoms with Gasteiger partial charge in [-0.2, -0.15) is 4.74 Å². The quantitative estimate of drug-likeness (QED) is 0.321. The van der Waals surface area contributed by atoms with Crippen LogP contribution in [0, 0.1) is 5.21 Å². The Kier molecular flexibility index (Phi) is 4.05. The summed E-state index contributed by atoms with van der Waals surface area (Å²) in [5.41, 5.74) is 2.33. The number of hydrogen-bond acceptors (Lipinski definition) is 5. The lowest BCUT2D eigenvalue weighted by Gasteiger charge is -2.11. The van der Waals surface area contributed by atoms with Gasteiger partial charge in [0.2, 0.25) is 17.8 Å². The highest BCUT2D eigenvalue weighted by atomic mass is 16.5. The Morgan fingerprint density at radius 1 is 1.00 bits per heavy atom. The second kappa shape index (κ2) is 6.31. The zero-order valence-electron chi connectivity index (χ0n) is 12.9. The van der Waals surface area contributed by atoms with E-state index in [1.165, 1.54) is 6.21 Å². The lowest BCUT2D eigenvalue weighted by atomic mass is 10.2. The molecule has 23 heavy (non-hydrogen) atoms.